The van der Waals surface area contributed by atoms with Gasteiger partial charge in [0.25, 0.3) is 0 Å². The zero-order valence-corrected chi connectivity index (χ0v) is 16.2. The predicted molar refractivity (Wildman–Crippen MR) is 116 cm³/mol. The molecule has 3 aromatic carbocycles. The third kappa shape index (κ3) is 4.14. The highest BCUT2D eigenvalue weighted by Crippen LogP contribution is 2.25. The van der Waals surface area contributed by atoms with Gasteiger partial charge >= 0.3 is 0 Å². The van der Waals surface area contributed by atoms with Crippen molar-refractivity contribution in [2.45, 2.75) is 19.5 Å². The summed E-state index contributed by atoms with van der Waals surface area (Å²) in [7, 11) is 0. The van der Waals surface area contributed by atoms with E-state index in [4.69, 9.17) is 4.74 Å². The van der Waals surface area contributed by atoms with Crippen LogP contribution in [0.1, 0.15) is 12.2 Å². The average Bonchev–Trinajstić information content (AvgIpc) is 3.12. The molecule has 4 aromatic rings. The van der Waals surface area contributed by atoms with Gasteiger partial charge < -0.3 is 14.6 Å². The molecule has 0 saturated heterocycles. The first kappa shape index (κ1) is 18.7. The fraction of sp³-hybridized carbons (Fsp3) is 0.167. The summed E-state index contributed by atoms with van der Waals surface area (Å²) in [6.45, 7) is 5.21. The van der Waals surface area contributed by atoms with Crippen molar-refractivity contribution in [3.05, 3.63) is 85.2 Å². The number of fused-ring (bicyclic) bond motifs is 2. The summed E-state index contributed by atoms with van der Waals surface area (Å²) in [5.41, 5.74) is 1.98. The number of hydrogen-bond donors (Lipinski definition) is 1. The molecule has 1 heterocycles. The first-order valence-electron chi connectivity index (χ1n) is 9.71. The van der Waals surface area contributed by atoms with Gasteiger partial charge in [0.2, 0.25) is 5.91 Å². The Labute approximate surface area is 169 Å². The second kappa shape index (κ2) is 8.61. The van der Waals surface area contributed by atoms with Crippen molar-refractivity contribution in [1.29, 1.82) is 0 Å². The van der Waals surface area contributed by atoms with Gasteiger partial charge in [-0.05, 0) is 36.1 Å². The van der Waals surface area contributed by atoms with E-state index >= 15 is 0 Å². The summed E-state index contributed by atoms with van der Waals surface area (Å²) in [5.74, 6) is 1.52. The van der Waals surface area contributed by atoms with Crippen LogP contribution in [-0.2, 0) is 17.9 Å². The van der Waals surface area contributed by atoms with Gasteiger partial charge in [0.1, 0.15) is 11.6 Å². The fourth-order valence-electron chi connectivity index (χ4n) is 3.47. The number of aromatic nitrogens is 2. The molecule has 5 heteroatoms. The van der Waals surface area contributed by atoms with Crippen molar-refractivity contribution in [3.8, 4) is 5.75 Å². The van der Waals surface area contributed by atoms with Crippen molar-refractivity contribution in [2.75, 3.05) is 6.61 Å². The van der Waals surface area contributed by atoms with E-state index in [0.29, 0.717) is 13.2 Å². The summed E-state index contributed by atoms with van der Waals surface area (Å²) in [6.07, 6.45) is 2.09. The highest BCUT2D eigenvalue weighted by molar-refractivity contribution is 5.88. The third-order valence-electron chi connectivity index (χ3n) is 4.87. The Balaban J connectivity index is 1.46. The maximum atomic E-state index is 11.5. The van der Waals surface area contributed by atoms with Crippen LogP contribution in [0.25, 0.3) is 21.8 Å². The number of nitrogens with zero attached hydrogens (tertiary/aromatic N) is 2. The van der Waals surface area contributed by atoms with Crippen LogP contribution in [0.3, 0.4) is 0 Å². The quantitative estimate of drug-likeness (QED) is 0.360. The van der Waals surface area contributed by atoms with Crippen LogP contribution in [0.2, 0.25) is 0 Å². The molecule has 0 unspecified atom stereocenters. The SMILES string of the molecule is C=CC(=O)NCc1nc2ccccc2n1CCCOc1cccc2ccccc12. The standard InChI is InChI=1S/C24H23N3O2/c1-2-24(28)25-17-23-26-20-12-5-6-13-21(20)27(23)15-8-16-29-22-14-7-10-18-9-3-4-11-19(18)22/h2-7,9-14H,1,8,15-17H2,(H,25,28). The molecule has 0 aliphatic carbocycles. The molecule has 0 saturated carbocycles. The number of ether oxygens (including phenoxy) is 1. The lowest BCUT2D eigenvalue weighted by molar-refractivity contribution is -0.116. The molecule has 5 nitrogen and oxygen atoms in total. The van der Waals surface area contributed by atoms with E-state index in [-0.39, 0.29) is 5.91 Å². The minimum absolute atomic E-state index is 0.206. The molecule has 0 aliphatic rings. The monoisotopic (exact) mass is 385 g/mol. The Morgan fingerprint density at radius 2 is 1.86 bits per heavy atom. The molecule has 0 aliphatic heterocycles. The van der Waals surface area contributed by atoms with Crippen LogP contribution in [0.4, 0.5) is 0 Å². The molecule has 1 aromatic heterocycles. The molecule has 4 rings (SSSR count). The number of carbonyl (C=O) groups excluding carboxylic acids is 1. The maximum absolute atomic E-state index is 11.5. The highest BCUT2D eigenvalue weighted by atomic mass is 16.5. The highest BCUT2D eigenvalue weighted by Gasteiger charge is 2.11. The lowest BCUT2D eigenvalue weighted by atomic mass is 10.1. The first-order chi connectivity index (χ1) is 14.3. The Morgan fingerprint density at radius 3 is 2.76 bits per heavy atom. The van der Waals surface area contributed by atoms with Gasteiger partial charge in [-0.15, -0.1) is 0 Å². The maximum Gasteiger partial charge on any atom is 0.243 e. The van der Waals surface area contributed by atoms with Crippen LogP contribution in [0.15, 0.2) is 79.4 Å². The van der Waals surface area contributed by atoms with Gasteiger partial charge in [0.05, 0.1) is 24.2 Å². The largest absolute Gasteiger partial charge is 0.493 e. The van der Waals surface area contributed by atoms with Gasteiger partial charge in [0, 0.05) is 11.9 Å². The minimum Gasteiger partial charge on any atom is -0.493 e. The second-order valence-electron chi connectivity index (χ2n) is 6.77. The van der Waals surface area contributed by atoms with Crippen LogP contribution >= 0.6 is 0 Å². The van der Waals surface area contributed by atoms with Gasteiger partial charge in [-0.2, -0.15) is 0 Å². The van der Waals surface area contributed by atoms with Gasteiger partial charge in [0.15, 0.2) is 0 Å². The Bertz CT molecular complexity index is 1160. The topological polar surface area (TPSA) is 56.2 Å². The Morgan fingerprint density at radius 1 is 1.07 bits per heavy atom. The van der Waals surface area contributed by atoms with Crippen LogP contribution < -0.4 is 10.1 Å². The Kier molecular flexibility index (Phi) is 5.56. The summed E-state index contributed by atoms with van der Waals surface area (Å²) in [5, 5.41) is 5.11. The van der Waals surface area contributed by atoms with E-state index in [1.807, 2.05) is 48.5 Å². The Hall–Kier alpha value is -3.60. The fourth-order valence-corrected chi connectivity index (χ4v) is 3.47. The van der Waals surface area contributed by atoms with Crippen molar-refractivity contribution < 1.29 is 9.53 Å². The molecule has 1 amide bonds. The van der Waals surface area contributed by atoms with E-state index < -0.39 is 0 Å². The number of aryl methyl sites for hydroxylation is 1. The van der Waals surface area contributed by atoms with Gasteiger partial charge in [-0.3, -0.25) is 4.79 Å². The van der Waals surface area contributed by atoms with Crippen LogP contribution in [-0.4, -0.2) is 22.1 Å². The lowest BCUT2D eigenvalue weighted by Gasteiger charge is -2.12. The van der Waals surface area contributed by atoms with Crippen LogP contribution in [0.5, 0.6) is 5.75 Å². The van der Waals surface area contributed by atoms with Crippen molar-refractivity contribution in [1.82, 2.24) is 14.9 Å². The zero-order chi connectivity index (χ0) is 20.1. The smallest absolute Gasteiger partial charge is 0.243 e. The summed E-state index contributed by atoms with van der Waals surface area (Å²) in [6, 6.07) is 22.3. The number of imidazole rings is 1. The molecule has 0 radical (unpaired) electrons. The van der Waals surface area contributed by atoms with Crippen molar-refractivity contribution in [3.63, 3.8) is 0 Å². The van der Waals surface area contributed by atoms with E-state index in [1.54, 1.807) is 0 Å². The van der Waals surface area contributed by atoms with Crippen molar-refractivity contribution in [2.24, 2.45) is 0 Å². The molecule has 0 spiro atoms. The molecule has 146 valence electrons. The van der Waals surface area contributed by atoms with Crippen molar-refractivity contribution >= 4 is 27.7 Å². The van der Waals surface area contributed by atoms with Gasteiger partial charge in [-0.1, -0.05) is 55.1 Å². The minimum atomic E-state index is -0.206. The molecule has 1 N–H and O–H groups in total. The zero-order valence-electron chi connectivity index (χ0n) is 16.2. The van der Waals surface area contributed by atoms with Crippen LogP contribution in [0, 0.1) is 0 Å². The number of amides is 1. The molecular formula is C24H23N3O2. The summed E-state index contributed by atoms with van der Waals surface area (Å²) in [4.78, 5) is 16.2. The molecule has 0 fully saturated rings. The summed E-state index contributed by atoms with van der Waals surface area (Å²) >= 11 is 0. The number of benzene rings is 3. The number of hydrogen-bond acceptors (Lipinski definition) is 3. The molecule has 0 atom stereocenters. The number of para-hydroxylation sites is 2. The average molecular weight is 385 g/mol. The normalized spacial score (nSPS) is 10.9. The lowest BCUT2D eigenvalue weighted by Crippen LogP contribution is -2.22. The van der Waals surface area contributed by atoms with E-state index in [9.17, 15) is 4.79 Å². The summed E-state index contributed by atoms with van der Waals surface area (Å²) < 4.78 is 8.21. The van der Waals surface area contributed by atoms with Gasteiger partial charge in [-0.25, -0.2) is 4.98 Å². The van der Waals surface area contributed by atoms with E-state index in [0.717, 1.165) is 41.0 Å². The third-order valence-corrected chi connectivity index (χ3v) is 4.87. The number of rotatable bonds is 8. The van der Waals surface area contributed by atoms with E-state index in [1.165, 1.54) is 11.5 Å². The predicted octanol–water partition coefficient (Wildman–Crippen LogP) is 4.46. The second-order valence-corrected chi connectivity index (χ2v) is 6.77. The molecule has 29 heavy (non-hydrogen) atoms. The molecule has 0 bridgehead atoms. The number of nitrogens with one attached hydrogen (secondary N) is 1. The first-order valence-corrected chi connectivity index (χ1v) is 9.71. The molecular weight excluding hydrogens is 362 g/mol. The van der Waals surface area contributed by atoms with E-state index in [2.05, 4.69) is 39.6 Å². The number of carbonyl (C=O) groups is 1.